The second kappa shape index (κ2) is 23.5. The maximum absolute atomic E-state index is 14.4. The molecule has 6 heterocycles. The van der Waals surface area contributed by atoms with Crippen LogP contribution in [0, 0.1) is 23.7 Å². The molecular weight excluding hydrogens is 979 g/mol. The molecule has 18 nitrogen and oxygen atoms in total. The third-order valence-electron chi connectivity index (χ3n) is 16.0. The summed E-state index contributed by atoms with van der Waals surface area (Å²) in [4.78, 5) is 27.1. The van der Waals surface area contributed by atoms with Crippen molar-refractivity contribution in [3.63, 3.8) is 0 Å². The van der Waals surface area contributed by atoms with E-state index in [0.717, 1.165) is 12.0 Å². The average molecular weight is 1060 g/mol. The third-order valence-corrected chi connectivity index (χ3v) is 16.9. The molecule has 2 bridgehead atoms. The second-order valence-electron chi connectivity index (χ2n) is 21.3. The third kappa shape index (κ3) is 12.2. The predicted molar refractivity (Wildman–Crippen MR) is 269 cm³/mol. The summed E-state index contributed by atoms with van der Waals surface area (Å²) in [5.41, 5.74) is 0.124. The van der Waals surface area contributed by atoms with Crippen LogP contribution in [0.2, 0.25) is 0 Å². The fraction of sp³-hybridized carbons (Fsp3) is 0.673. The highest BCUT2D eigenvalue weighted by molar-refractivity contribution is 7.85. The zero-order valence-corrected chi connectivity index (χ0v) is 45.0. The molecule has 1 amide bonds. The van der Waals surface area contributed by atoms with Gasteiger partial charge in [0.1, 0.15) is 42.0 Å². The minimum Gasteiger partial charge on any atom is -0.462 e. The van der Waals surface area contributed by atoms with E-state index < -0.39 is 119 Å². The lowest BCUT2D eigenvalue weighted by Gasteiger charge is -2.48. The van der Waals surface area contributed by atoms with Crippen LogP contribution in [0.5, 0.6) is 0 Å². The number of amides is 1. The van der Waals surface area contributed by atoms with Crippen molar-refractivity contribution < 1.29 is 79.8 Å². The molecule has 7 aliphatic rings. The van der Waals surface area contributed by atoms with Crippen LogP contribution in [-0.2, 0) is 66.7 Å². The number of ether oxygens (including phenoxy) is 10. The fourth-order valence-corrected chi connectivity index (χ4v) is 12.6. The number of hydrogen-bond donors (Lipinski definition) is 3. The molecule has 0 radical (unpaired) electrons. The smallest absolute Gasteiger partial charge is 0.362 e. The zero-order chi connectivity index (χ0) is 53.3. The molecule has 6 aliphatic heterocycles. The topological polar surface area (TPSA) is 222 Å². The quantitative estimate of drug-likeness (QED) is 0.160. The summed E-state index contributed by atoms with van der Waals surface area (Å²) >= 11 is 0. The Balaban J connectivity index is 1.01. The van der Waals surface area contributed by atoms with E-state index in [1.54, 1.807) is 51.3 Å². The number of carbonyl (C=O) groups is 2. The van der Waals surface area contributed by atoms with Crippen LogP contribution in [0.1, 0.15) is 104 Å². The van der Waals surface area contributed by atoms with Gasteiger partial charge < -0.3 is 57.6 Å². The Hall–Kier alpha value is -3.67. The number of rotatable bonds is 12. The van der Waals surface area contributed by atoms with Crippen molar-refractivity contribution in [2.24, 2.45) is 23.7 Å². The number of fused-ring (bicyclic) bond motifs is 2. The molecule has 3 N–H and O–H groups in total. The van der Waals surface area contributed by atoms with Crippen LogP contribution in [0.3, 0.4) is 0 Å². The maximum Gasteiger partial charge on any atom is 0.362 e. The van der Waals surface area contributed by atoms with Crippen molar-refractivity contribution in [3.8, 4) is 0 Å². The average Bonchev–Trinajstić information content (AvgIpc) is 3.71. The highest BCUT2D eigenvalue weighted by Gasteiger charge is 2.60. The van der Waals surface area contributed by atoms with Gasteiger partial charge in [-0.3, -0.25) is 9.59 Å². The van der Waals surface area contributed by atoms with Crippen molar-refractivity contribution in [3.05, 3.63) is 95.1 Å². The number of benzene rings is 1. The molecular formula is C55H77NO17S. The van der Waals surface area contributed by atoms with E-state index in [-0.39, 0.29) is 55.3 Å². The lowest BCUT2D eigenvalue weighted by molar-refractivity contribution is -0.317. The van der Waals surface area contributed by atoms with E-state index in [0.29, 0.717) is 24.0 Å². The molecule has 1 spiro atoms. The van der Waals surface area contributed by atoms with Crippen LogP contribution in [0.15, 0.2) is 89.6 Å². The van der Waals surface area contributed by atoms with Crippen molar-refractivity contribution in [2.75, 3.05) is 20.8 Å². The van der Waals surface area contributed by atoms with Crippen molar-refractivity contribution in [2.45, 2.75) is 191 Å². The first kappa shape index (κ1) is 56.5. The van der Waals surface area contributed by atoms with Crippen LogP contribution in [0.25, 0.3) is 0 Å². The molecule has 1 aromatic rings. The molecule has 8 rings (SSSR count). The Labute approximate surface area is 436 Å². The number of esters is 1. The number of hydrogen-bond acceptors (Lipinski definition) is 17. The molecule has 74 heavy (non-hydrogen) atoms. The molecule has 20 atom stereocenters. The van der Waals surface area contributed by atoms with Gasteiger partial charge in [0, 0.05) is 57.3 Å². The van der Waals surface area contributed by atoms with Gasteiger partial charge in [-0.15, -0.1) is 0 Å². The monoisotopic (exact) mass is 1060 g/mol. The lowest BCUT2D eigenvalue weighted by atomic mass is 9.71. The van der Waals surface area contributed by atoms with E-state index in [1.165, 1.54) is 19.2 Å². The van der Waals surface area contributed by atoms with Crippen LogP contribution >= 0.6 is 0 Å². The van der Waals surface area contributed by atoms with Gasteiger partial charge in [-0.25, -0.2) is 8.91 Å². The molecule has 410 valence electrons. The van der Waals surface area contributed by atoms with E-state index in [1.807, 2.05) is 43.7 Å². The van der Waals surface area contributed by atoms with Crippen molar-refractivity contribution in [1.29, 1.82) is 0 Å². The standard InChI is InChI=1S/C55H77NO17S/c1-11-30(2)48-33(5)22-23-54(72-48)28-40-25-39(71-54)21-20-32(4)47(31(3)16-15-19-38-29-65-51-46(57)34(6)24-41(53(59)68-40)55(38,51)60)69-44-26-42(63-9)49(35(7)66-44)70-45-27-43(64-10)50(36(8)67-45)73-74(61,62)56-52(58)37-17-13-12-14-18-37/h12-20,22-24,30-31,33,35-36,39-51,57,60H,11,21,25-29H2,1-10H3,(H,56,58)/t30?,31-,33-,35-,36-,39+,40-,41-,42-,43-,44-,45-,46+,47-,48+,49-,50-,51+,54+,55+/m0/s1. The van der Waals surface area contributed by atoms with E-state index in [4.69, 9.17) is 51.6 Å². The Morgan fingerprint density at radius 3 is 2.26 bits per heavy atom. The first-order chi connectivity index (χ1) is 35.2. The summed E-state index contributed by atoms with van der Waals surface area (Å²) in [7, 11) is -1.54. The molecule has 0 aromatic heterocycles. The van der Waals surface area contributed by atoms with E-state index in [2.05, 4.69) is 32.9 Å². The number of allylic oxidation sites excluding steroid dienone is 2. The van der Waals surface area contributed by atoms with Gasteiger partial charge in [0.25, 0.3) is 5.91 Å². The fourth-order valence-electron chi connectivity index (χ4n) is 11.6. The summed E-state index contributed by atoms with van der Waals surface area (Å²) in [6.45, 7) is 15.7. The summed E-state index contributed by atoms with van der Waals surface area (Å²) in [6.07, 6.45) is 5.63. The van der Waals surface area contributed by atoms with Gasteiger partial charge in [0.05, 0.1) is 49.3 Å². The molecule has 4 saturated heterocycles. The minimum absolute atomic E-state index is 0.00549. The molecule has 19 heteroatoms. The first-order valence-electron chi connectivity index (χ1n) is 26.2. The summed E-state index contributed by atoms with van der Waals surface area (Å²) < 4.78 is 97.8. The number of aliphatic hydroxyl groups is 2. The maximum atomic E-state index is 14.4. The van der Waals surface area contributed by atoms with Crippen LogP contribution < -0.4 is 4.72 Å². The SMILES string of the molecule is CCC(C)[C@H]1O[C@]2(C=C[C@@H]1C)C[C@@H]1C[C@@H](CC=C(C)[C@@H](O[C@H]3C[C@H](OC)[C@@H](O[C@H]4C[C@H](OC)[C@@H](OS(=O)(=O)NC(=O)c5ccccc5)[C@H](C)O4)[C@H](C)O3)[C@@H](C)C=CC=C3CO[C@@H]4[C@H](O)C(C)=C[C@@H](C(=O)O1)[C@]34O)O2. The van der Waals surface area contributed by atoms with E-state index >= 15 is 0 Å². The predicted octanol–water partition coefficient (Wildman–Crippen LogP) is 6.08. The summed E-state index contributed by atoms with van der Waals surface area (Å²) in [5.74, 6) is -3.64. The van der Waals surface area contributed by atoms with Gasteiger partial charge in [-0.2, -0.15) is 8.42 Å². The van der Waals surface area contributed by atoms with Crippen LogP contribution in [-0.4, -0.2) is 149 Å². The van der Waals surface area contributed by atoms with Gasteiger partial charge in [-0.1, -0.05) is 88.8 Å². The van der Waals surface area contributed by atoms with Crippen molar-refractivity contribution >= 4 is 22.2 Å². The molecule has 0 saturated carbocycles. The Morgan fingerprint density at radius 2 is 1.57 bits per heavy atom. The molecule has 1 aliphatic carbocycles. The number of carbonyl (C=O) groups excluding carboxylic acids is 2. The Bertz CT molecular complexity index is 2410. The van der Waals surface area contributed by atoms with E-state index in [9.17, 15) is 28.2 Å². The highest BCUT2D eigenvalue weighted by atomic mass is 32.2. The molecule has 4 fully saturated rings. The first-order valence-corrected chi connectivity index (χ1v) is 27.6. The van der Waals surface area contributed by atoms with Gasteiger partial charge in [0.2, 0.25) is 0 Å². The minimum atomic E-state index is -4.57. The molecule has 1 unspecified atom stereocenters. The van der Waals surface area contributed by atoms with Gasteiger partial charge in [0.15, 0.2) is 18.4 Å². The lowest BCUT2D eigenvalue weighted by Crippen LogP contribution is -2.58. The highest BCUT2D eigenvalue weighted by Crippen LogP contribution is 2.47. The van der Waals surface area contributed by atoms with Gasteiger partial charge >= 0.3 is 16.3 Å². The summed E-state index contributed by atoms with van der Waals surface area (Å²) in [6, 6.07) is 7.93. The zero-order valence-electron chi connectivity index (χ0n) is 44.2. The van der Waals surface area contributed by atoms with Crippen molar-refractivity contribution in [1.82, 2.24) is 4.72 Å². The largest absolute Gasteiger partial charge is 0.462 e. The normalized spacial score (nSPS) is 41.3. The number of nitrogens with one attached hydrogen (secondary N) is 1. The number of aliphatic hydroxyl groups excluding tert-OH is 1. The summed E-state index contributed by atoms with van der Waals surface area (Å²) in [5, 5.41) is 23.8. The number of methoxy groups -OCH3 is 2. The Kier molecular flexibility index (Phi) is 18.0. The Morgan fingerprint density at radius 1 is 0.892 bits per heavy atom. The van der Waals surface area contributed by atoms with Crippen LogP contribution in [0.4, 0.5) is 0 Å². The second-order valence-corrected chi connectivity index (χ2v) is 22.6. The molecule has 1 aromatic carbocycles. The van der Waals surface area contributed by atoms with Gasteiger partial charge in [-0.05, 0) is 75.0 Å².